The lowest BCUT2D eigenvalue weighted by molar-refractivity contribution is 0.0322. The number of aromatic nitrogens is 2. The molecule has 1 aromatic carbocycles. The normalized spacial score (nSPS) is 18.5. The second-order valence-corrected chi connectivity index (χ2v) is 10.9. The molecular formula is C28H35N5O3S. The summed E-state index contributed by atoms with van der Waals surface area (Å²) in [7, 11) is 0. The Kier molecular flexibility index (Phi) is 7.28. The summed E-state index contributed by atoms with van der Waals surface area (Å²) in [4.78, 5) is 21.8. The molecule has 0 spiro atoms. The van der Waals surface area contributed by atoms with E-state index in [4.69, 9.17) is 14.6 Å². The van der Waals surface area contributed by atoms with Crippen LogP contribution in [0.4, 0.5) is 0 Å². The van der Waals surface area contributed by atoms with Crippen LogP contribution in [-0.2, 0) is 17.6 Å². The van der Waals surface area contributed by atoms with E-state index >= 15 is 0 Å². The maximum atomic E-state index is 13.7. The van der Waals surface area contributed by atoms with Crippen LogP contribution in [0.3, 0.4) is 0 Å². The molecule has 0 bridgehead atoms. The Bertz CT molecular complexity index is 1220. The van der Waals surface area contributed by atoms with E-state index < -0.39 is 0 Å². The number of ether oxygens (including phenoxy) is 2. The van der Waals surface area contributed by atoms with Crippen molar-refractivity contribution in [1.29, 1.82) is 0 Å². The third-order valence-corrected chi connectivity index (χ3v) is 8.74. The molecule has 3 aromatic rings. The highest BCUT2D eigenvalue weighted by atomic mass is 32.1. The molecule has 2 fully saturated rings. The molecule has 6 rings (SSSR count). The van der Waals surface area contributed by atoms with Gasteiger partial charge in [0.25, 0.3) is 5.91 Å². The molecule has 0 saturated carbocycles. The van der Waals surface area contributed by atoms with Gasteiger partial charge in [-0.2, -0.15) is 5.10 Å². The quantitative estimate of drug-likeness (QED) is 0.476. The molecule has 0 radical (unpaired) electrons. The second kappa shape index (κ2) is 10.9. The fraction of sp³-hybridized carbons (Fsp3) is 0.500. The minimum Gasteiger partial charge on any atom is -0.492 e. The Morgan fingerprint density at radius 3 is 2.54 bits per heavy atom. The highest BCUT2D eigenvalue weighted by Gasteiger charge is 2.32. The van der Waals surface area contributed by atoms with Gasteiger partial charge in [-0.05, 0) is 55.1 Å². The van der Waals surface area contributed by atoms with Crippen LogP contribution in [0.2, 0.25) is 0 Å². The van der Waals surface area contributed by atoms with Gasteiger partial charge >= 0.3 is 0 Å². The molecule has 0 unspecified atom stereocenters. The first kappa shape index (κ1) is 24.6. The first-order valence-corrected chi connectivity index (χ1v) is 14.3. The molecule has 8 nitrogen and oxygen atoms in total. The lowest BCUT2D eigenvalue weighted by Gasteiger charge is -2.33. The number of carbonyl (C=O) groups excluding carboxylic acids is 1. The minimum absolute atomic E-state index is 0.0625. The number of benzene rings is 1. The van der Waals surface area contributed by atoms with Crippen molar-refractivity contribution in [2.24, 2.45) is 0 Å². The Balaban J connectivity index is 1.24. The van der Waals surface area contributed by atoms with Gasteiger partial charge in [-0.15, -0.1) is 11.3 Å². The SMILES string of the molecule is CCN1CCN(C(=O)c2nn(-c3ccc(OCCN4CCOCC4)cc3)c3c2CCc2sccc2-3)CC1. The highest BCUT2D eigenvalue weighted by Crippen LogP contribution is 2.40. The molecule has 3 aliphatic rings. The third kappa shape index (κ3) is 5.05. The topological polar surface area (TPSA) is 63.1 Å². The van der Waals surface area contributed by atoms with E-state index in [9.17, 15) is 4.79 Å². The number of carbonyl (C=O) groups is 1. The monoisotopic (exact) mass is 521 g/mol. The fourth-order valence-electron chi connectivity index (χ4n) is 5.52. The average Bonchev–Trinajstić information content (AvgIpc) is 3.59. The van der Waals surface area contributed by atoms with Crippen LogP contribution < -0.4 is 4.74 Å². The molecule has 1 amide bonds. The molecule has 9 heteroatoms. The number of nitrogens with zero attached hydrogens (tertiary/aromatic N) is 5. The van der Waals surface area contributed by atoms with Crippen molar-refractivity contribution in [3.05, 3.63) is 51.8 Å². The van der Waals surface area contributed by atoms with Gasteiger partial charge in [-0.25, -0.2) is 4.68 Å². The standard InChI is InChI=1S/C28H35N5O3S/c1-2-30-10-12-32(13-11-30)28(34)26-24-7-8-25-23(9-20-37-25)27(24)33(29-26)21-3-5-22(6-4-21)36-19-16-31-14-17-35-18-15-31/h3-6,9,20H,2,7-8,10-19H2,1H3. The predicted octanol–water partition coefficient (Wildman–Crippen LogP) is 3.19. The van der Waals surface area contributed by atoms with E-state index in [0.717, 1.165) is 101 Å². The van der Waals surface area contributed by atoms with Crippen molar-refractivity contribution < 1.29 is 14.3 Å². The zero-order valence-electron chi connectivity index (χ0n) is 21.5. The number of likely N-dealkylation sites (N-methyl/N-ethyl adjacent to an activating group) is 1. The van der Waals surface area contributed by atoms with Crippen molar-refractivity contribution in [2.75, 3.05) is 72.2 Å². The highest BCUT2D eigenvalue weighted by molar-refractivity contribution is 7.10. The summed E-state index contributed by atoms with van der Waals surface area (Å²) in [5, 5.41) is 7.11. The Morgan fingerprint density at radius 2 is 1.78 bits per heavy atom. The third-order valence-electron chi connectivity index (χ3n) is 7.76. The van der Waals surface area contributed by atoms with E-state index in [1.165, 1.54) is 10.4 Å². The van der Waals surface area contributed by atoms with Gasteiger partial charge in [0.1, 0.15) is 12.4 Å². The molecule has 196 valence electrons. The Hall–Kier alpha value is -2.72. The van der Waals surface area contributed by atoms with E-state index in [2.05, 4.69) is 28.2 Å². The van der Waals surface area contributed by atoms with Crippen LogP contribution in [0.1, 0.15) is 27.9 Å². The van der Waals surface area contributed by atoms with Crippen molar-refractivity contribution in [3.8, 4) is 22.7 Å². The molecule has 0 N–H and O–H groups in total. The predicted molar refractivity (Wildman–Crippen MR) is 145 cm³/mol. The van der Waals surface area contributed by atoms with Crippen molar-refractivity contribution in [2.45, 2.75) is 19.8 Å². The molecule has 2 aromatic heterocycles. The summed E-state index contributed by atoms with van der Waals surface area (Å²) in [6.07, 6.45) is 1.81. The van der Waals surface area contributed by atoms with E-state index in [0.29, 0.717) is 12.3 Å². The van der Waals surface area contributed by atoms with Gasteiger partial charge in [0.15, 0.2) is 5.69 Å². The number of rotatable bonds is 7. The zero-order valence-corrected chi connectivity index (χ0v) is 22.3. The molecular weight excluding hydrogens is 486 g/mol. The van der Waals surface area contributed by atoms with Gasteiger partial charge in [0.2, 0.25) is 0 Å². The summed E-state index contributed by atoms with van der Waals surface area (Å²) in [5.74, 6) is 0.909. The van der Waals surface area contributed by atoms with Gasteiger partial charge in [-0.3, -0.25) is 9.69 Å². The second-order valence-electron chi connectivity index (χ2n) is 9.87. The average molecular weight is 522 g/mol. The number of amides is 1. The van der Waals surface area contributed by atoms with Gasteiger partial charge in [-0.1, -0.05) is 6.92 Å². The first-order valence-electron chi connectivity index (χ1n) is 13.4. The van der Waals surface area contributed by atoms with Crippen LogP contribution in [0.25, 0.3) is 16.9 Å². The number of aryl methyl sites for hydroxylation is 1. The van der Waals surface area contributed by atoms with Crippen molar-refractivity contribution >= 4 is 17.2 Å². The van der Waals surface area contributed by atoms with E-state index in [1.54, 1.807) is 11.3 Å². The molecule has 0 atom stereocenters. The molecule has 2 aliphatic heterocycles. The van der Waals surface area contributed by atoms with Crippen molar-refractivity contribution in [3.63, 3.8) is 0 Å². The maximum absolute atomic E-state index is 13.7. The summed E-state index contributed by atoms with van der Waals surface area (Å²) in [6, 6.07) is 10.3. The zero-order chi connectivity index (χ0) is 25.2. The van der Waals surface area contributed by atoms with Crippen LogP contribution >= 0.6 is 11.3 Å². The smallest absolute Gasteiger partial charge is 0.274 e. The molecule has 37 heavy (non-hydrogen) atoms. The van der Waals surface area contributed by atoms with Gasteiger partial charge < -0.3 is 19.3 Å². The lowest BCUT2D eigenvalue weighted by atomic mass is 9.94. The van der Waals surface area contributed by atoms with Gasteiger partial charge in [0.05, 0.1) is 24.6 Å². The van der Waals surface area contributed by atoms with Crippen LogP contribution in [0.15, 0.2) is 35.7 Å². The fourth-order valence-corrected chi connectivity index (χ4v) is 6.40. The number of piperazine rings is 1. The number of hydrogen-bond donors (Lipinski definition) is 0. The maximum Gasteiger partial charge on any atom is 0.274 e. The van der Waals surface area contributed by atoms with Crippen LogP contribution in [0, 0.1) is 0 Å². The molecule has 1 aliphatic carbocycles. The summed E-state index contributed by atoms with van der Waals surface area (Å²) in [5.41, 5.74) is 4.92. The number of hydrogen-bond acceptors (Lipinski definition) is 7. The minimum atomic E-state index is 0.0625. The van der Waals surface area contributed by atoms with E-state index in [-0.39, 0.29) is 5.91 Å². The summed E-state index contributed by atoms with van der Waals surface area (Å²) < 4.78 is 13.4. The largest absolute Gasteiger partial charge is 0.492 e. The Labute approximate surface area is 222 Å². The van der Waals surface area contributed by atoms with E-state index in [1.807, 2.05) is 33.8 Å². The summed E-state index contributed by atoms with van der Waals surface area (Å²) in [6.45, 7) is 11.6. The lowest BCUT2D eigenvalue weighted by Crippen LogP contribution is -2.48. The summed E-state index contributed by atoms with van der Waals surface area (Å²) >= 11 is 1.79. The number of fused-ring (bicyclic) bond motifs is 3. The molecule has 2 saturated heterocycles. The Morgan fingerprint density at radius 1 is 1.00 bits per heavy atom. The van der Waals surface area contributed by atoms with Crippen molar-refractivity contribution in [1.82, 2.24) is 24.5 Å². The number of thiophene rings is 1. The van der Waals surface area contributed by atoms with Crippen LogP contribution in [-0.4, -0.2) is 103 Å². The first-order chi connectivity index (χ1) is 18.2. The number of morpholine rings is 1. The van der Waals surface area contributed by atoms with Gasteiger partial charge in [0, 0.05) is 61.8 Å². The van der Waals surface area contributed by atoms with Crippen LogP contribution in [0.5, 0.6) is 5.75 Å². The molecule has 4 heterocycles.